The average molecular weight is 419 g/mol. The summed E-state index contributed by atoms with van der Waals surface area (Å²) >= 11 is 0. The van der Waals surface area contributed by atoms with E-state index in [-0.39, 0.29) is 12.5 Å². The largest absolute Gasteiger partial charge is 0.487 e. The van der Waals surface area contributed by atoms with Crippen LogP contribution >= 0.6 is 0 Å². The fourth-order valence-electron chi connectivity index (χ4n) is 3.06. The summed E-state index contributed by atoms with van der Waals surface area (Å²) in [6, 6.07) is 18.8. The number of aromatic nitrogens is 5. The van der Waals surface area contributed by atoms with E-state index in [1.54, 1.807) is 12.1 Å². The molecule has 0 aliphatic carbocycles. The van der Waals surface area contributed by atoms with Gasteiger partial charge in [0.1, 0.15) is 18.2 Å². The zero-order valence-corrected chi connectivity index (χ0v) is 16.0. The first-order chi connectivity index (χ1) is 15.2. The number of halogens is 2. The van der Waals surface area contributed by atoms with Crippen molar-refractivity contribution in [3.63, 3.8) is 0 Å². The number of imidazole rings is 1. The van der Waals surface area contributed by atoms with Crippen LogP contribution in [0.2, 0.25) is 0 Å². The second-order valence-corrected chi connectivity index (χ2v) is 6.70. The lowest BCUT2D eigenvalue weighted by Gasteiger charge is -2.07. The molecule has 0 saturated carbocycles. The van der Waals surface area contributed by atoms with E-state index in [2.05, 4.69) is 25.1 Å². The van der Waals surface area contributed by atoms with Crippen LogP contribution in [0.1, 0.15) is 18.0 Å². The summed E-state index contributed by atoms with van der Waals surface area (Å²) in [6.07, 6.45) is -1.33. The van der Waals surface area contributed by atoms with Crippen molar-refractivity contribution < 1.29 is 17.9 Å². The number of aromatic amines is 1. The number of nitrogens with one attached hydrogen (secondary N) is 1. The first kappa shape index (κ1) is 18.9. The van der Waals surface area contributed by atoms with Gasteiger partial charge in [0.15, 0.2) is 0 Å². The molecule has 0 amide bonds. The smallest absolute Gasteiger partial charge is 0.314 e. The maximum Gasteiger partial charge on any atom is 0.314 e. The Morgan fingerprint density at radius 1 is 0.968 bits per heavy atom. The monoisotopic (exact) mass is 419 g/mol. The molecule has 0 saturated heterocycles. The highest BCUT2D eigenvalue weighted by Gasteiger charge is 2.17. The van der Waals surface area contributed by atoms with Crippen molar-refractivity contribution >= 4 is 11.0 Å². The van der Waals surface area contributed by atoms with Crippen molar-refractivity contribution in [1.82, 2.24) is 25.1 Å². The van der Waals surface area contributed by atoms with Gasteiger partial charge in [-0.25, -0.2) is 4.98 Å². The van der Waals surface area contributed by atoms with E-state index in [4.69, 9.17) is 9.15 Å². The van der Waals surface area contributed by atoms with Crippen LogP contribution < -0.4 is 4.74 Å². The molecule has 0 aliphatic rings. The van der Waals surface area contributed by atoms with E-state index in [0.29, 0.717) is 17.0 Å². The Hall–Kier alpha value is -4.14. The second-order valence-electron chi connectivity index (χ2n) is 6.70. The fraction of sp³-hybridized carbons (Fsp3) is 0.0909. The van der Waals surface area contributed by atoms with Crippen molar-refractivity contribution in [3.05, 3.63) is 78.4 Å². The number of alkyl halides is 2. The lowest BCUT2D eigenvalue weighted by Crippen LogP contribution is -1.98. The van der Waals surface area contributed by atoms with Gasteiger partial charge in [-0.2, -0.15) is 8.78 Å². The van der Waals surface area contributed by atoms with Gasteiger partial charge in [-0.15, -0.1) is 10.2 Å². The number of hydrogen-bond donors (Lipinski definition) is 1. The zero-order chi connectivity index (χ0) is 21.2. The minimum Gasteiger partial charge on any atom is -0.487 e. The molecule has 0 spiro atoms. The maximum atomic E-state index is 12.6. The Morgan fingerprint density at radius 2 is 1.87 bits per heavy atom. The van der Waals surface area contributed by atoms with Crippen LogP contribution in [0.5, 0.6) is 5.75 Å². The molecule has 7 nitrogen and oxygen atoms in total. The van der Waals surface area contributed by atoms with Crippen molar-refractivity contribution in [1.29, 1.82) is 0 Å². The zero-order valence-electron chi connectivity index (χ0n) is 16.0. The summed E-state index contributed by atoms with van der Waals surface area (Å²) in [7, 11) is 0. The average Bonchev–Trinajstić information content (AvgIpc) is 3.46. The third-order valence-electron chi connectivity index (χ3n) is 4.58. The second kappa shape index (κ2) is 7.94. The number of para-hydroxylation sites is 2. The Bertz CT molecular complexity index is 1300. The number of H-pyrrole nitrogens is 1. The highest BCUT2D eigenvalue weighted by molar-refractivity contribution is 5.79. The van der Waals surface area contributed by atoms with Gasteiger partial charge >= 0.3 is 6.43 Å². The van der Waals surface area contributed by atoms with E-state index >= 15 is 0 Å². The number of ether oxygens (including phenoxy) is 1. The summed E-state index contributed by atoms with van der Waals surface area (Å²) in [5.74, 6) is 0.708. The van der Waals surface area contributed by atoms with E-state index in [1.165, 1.54) is 6.20 Å². The van der Waals surface area contributed by atoms with Gasteiger partial charge in [-0.3, -0.25) is 4.98 Å². The van der Waals surface area contributed by atoms with E-state index in [1.807, 2.05) is 48.5 Å². The predicted octanol–water partition coefficient (Wildman–Crippen LogP) is 5.19. The maximum absolute atomic E-state index is 12.6. The molecule has 154 valence electrons. The van der Waals surface area contributed by atoms with Crippen LogP contribution in [0, 0.1) is 0 Å². The lowest BCUT2D eigenvalue weighted by atomic mass is 10.2. The highest BCUT2D eigenvalue weighted by Crippen LogP contribution is 2.25. The van der Waals surface area contributed by atoms with Gasteiger partial charge in [-0.1, -0.05) is 24.3 Å². The molecule has 1 N–H and O–H groups in total. The molecule has 0 atom stereocenters. The van der Waals surface area contributed by atoms with Crippen LogP contribution in [0.3, 0.4) is 0 Å². The lowest BCUT2D eigenvalue weighted by molar-refractivity contribution is 0.116. The summed E-state index contributed by atoms with van der Waals surface area (Å²) in [5, 5.41) is 6.92. The van der Waals surface area contributed by atoms with E-state index in [9.17, 15) is 8.78 Å². The first-order valence-corrected chi connectivity index (χ1v) is 9.40. The number of nitrogens with zero attached hydrogens (tertiary/aromatic N) is 4. The molecule has 31 heavy (non-hydrogen) atoms. The SMILES string of the molecule is FC(F)c1nnc(-c2ccc(COc3cccc(-c4nc5ccccc5[nH]4)c3)nc2)o1. The molecule has 0 unspecified atom stereocenters. The number of pyridine rings is 1. The molecule has 3 aromatic heterocycles. The quantitative estimate of drug-likeness (QED) is 0.407. The minimum atomic E-state index is -2.81. The molecule has 0 fully saturated rings. The van der Waals surface area contributed by atoms with Crippen LogP contribution in [0.15, 0.2) is 71.3 Å². The Kier molecular flexibility index (Phi) is 4.83. The van der Waals surface area contributed by atoms with Crippen LogP contribution in [0.4, 0.5) is 8.78 Å². The topological polar surface area (TPSA) is 89.7 Å². The van der Waals surface area contributed by atoms with Crippen molar-refractivity contribution in [2.75, 3.05) is 0 Å². The first-order valence-electron chi connectivity index (χ1n) is 9.40. The summed E-state index contributed by atoms with van der Waals surface area (Å²) in [5.41, 5.74) is 3.88. The molecule has 5 rings (SSSR count). The minimum absolute atomic E-state index is 0.00574. The van der Waals surface area contributed by atoms with E-state index < -0.39 is 12.3 Å². The van der Waals surface area contributed by atoms with Gasteiger partial charge in [-0.05, 0) is 36.4 Å². The normalized spacial score (nSPS) is 11.3. The molecule has 3 heterocycles. The third kappa shape index (κ3) is 3.97. The van der Waals surface area contributed by atoms with Gasteiger partial charge in [0.05, 0.1) is 22.3 Å². The number of hydrogen-bond acceptors (Lipinski definition) is 6. The third-order valence-corrected chi connectivity index (χ3v) is 4.58. The van der Waals surface area contributed by atoms with Crippen LogP contribution in [0.25, 0.3) is 33.9 Å². The molecular formula is C22H15F2N5O2. The Morgan fingerprint density at radius 3 is 2.65 bits per heavy atom. The van der Waals surface area contributed by atoms with Gasteiger partial charge < -0.3 is 14.1 Å². The highest BCUT2D eigenvalue weighted by atomic mass is 19.3. The fourth-order valence-corrected chi connectivity index (χ4v) is 3.06. The predicted molar refractivity (Wildman–Crippen MR) is 108 cm³/mol. The van der Waals surface area contributed by atoms with Gasteiger partial charge in [0.2, 0.25) is 5.89 Å². The molecule has 0 radical (unpaired) electrons. The van der Waals surface area contributed by atoms with E-state index in [0.717, 1.165) is 22.4 Å². The van der Waals surface area contributed by atoms with Crippen molar-refractivity contribution in [2.24, 2.45) is 0 Å². The Balaban J connectivity index is 1.28. The molecule has 0 bridgehead atoms. The number of fused-ring (bicyclic) bond motifs is 1. The number of rotatable bonds is 6. The van der Waals surface area contributed by atoms with Crippen molar-refractivity contribution in [2.45, 2.75) is 13.0 Å². The van der Waals surface area contributed by atoms with Crippen molar-refractivity contribution in [3.8, 4) is 28.6 Å². The summed E-state index contributed by atoms with van der Waals surface area (Å²) in [6.45, 7) is 0.232. The van der Waals surface area contributed by atoms with Crippen LogP contribution in [-0.2, 0) is 6.61 Å². The molecule has 2 aromatic carbocycles. The molecule has 9 heteroatoms. The molecule has 5 aromatic rings. The summed E-state index contributed by atoms with van der Waals surface area (Å²) < 4.78 is 35.9. The molecular weight excluding hydrogens is 404 g/mol. The summed E-state index contributed by atoms with van der Waals surface area (Å²) in [4.78, 5) is 12.2. The number of benzene rings is 2. The Labute approximate surface area is 174 Å². The van der Waals surface area contributed by atoms with Crippen LogP contribution in [-0.4, -0.2) is 25.1 Å². The standard InChI is InChI=1S/C22H15F2N5O2/c23-19(24)22-29-28-21(31-22)14-8-9-15(25-11-14)12-30-16-5-3-4-13(10-16)20-26-17-6-1-2-7-18(17)27-20/h1-11,19H,12H2,(H,26,27). The van der Waals surface area contributed by atoms with Gasteiger partial charge in [0.25, 0.3) is 5.89 Å². The molecule has 0 aliphatic heterocycles. The van der Waals surface area contributed by atoms with Gasteiger partial charge in [0, 0.05) is 11.8 Å².